The molecule has 0 radical (unpaired) electrons. The predicted octanol–water partition coefficient (Wildman–Crippen LogP) is 2.97. The lowest BCUT2D eigenvalue weighted by molar-refractivity contribution is -0.137. The molecule has 0 unspecified atom stereocenters. The average molecular weight is 352 g/mol. The average Bonchev–Trinajstić information content (AvgIpc) is 2.61. The van der Waals surface area contributed by atoms with Gasteiger partial charge in [0.05, 0.1) is 12.7 Å². The minimum Gasteiger partial charge on any atom is -0.481 e. The van der Waals surface area contributed by atoms with Crippen LogP contribution in [0.25, 0.3) is 0 Å². The summed E-state index contributed by atoms with van der Waals surface area (Å²) in [6.07, 6.45) is -2.73. The van der Waals surface area contributed by atoms with Crippen molar-refractivity contribution < 1.29 is 17.9 Å². The van der Waals surface area contributed by atoms with E-state index in [1.165, 1.54) is 13.2 Å². The Morgan fingerprint density at radius 3 is 2.60 bits per heavy atom. The summed E-state index contributed by atoms with van der Waals surface area (Å²) in [5.74, 6) is 0.964. The number of guanidine groups is 1. The third-order valence-electron chi connectivity index (χ3n) is 3.43. The van der Waals surface area contributed by atoms with Crippen molar-refractivity contribution in [1.82, 2.24) is 15.6 Å². The zero-order chi connectivity index (χ0) is 18.3. The van der Waals surface area contributed by atoms with Crippen LogP contribution in [0.15, 0.2) is 47.6 Å². The van der Waals surface area contributed by atoms with E-state index in [1.54, 1.807) is 25.4 Å². The number of nitrogens with one attached hydrogen (secondary N) is 2. The molecule has 0 saturated heterocycles. The standard InChI is InChI=1S/C17H19F3N4O/c1-21-16(24-11-13-6-4-8-22-15(13)25-2)23-10-12-5-3-7-14(9-12)17(18,19)20/h3-9H,10-11H2,1-2H3,(H2,21,23,24). The Bertz CT molecular complexity index is 732. The number of methoxy groups -OCH3 is 1. The molecule has 0 amide bonds. The molecule has 0 aliphatic rings. The number of alkyl halides is 3. The molecule has 0 bridgehead atoms. The van der Waals surface area contributed by atoms with Gasteiger partial charge in [-0.3, -0.25) is 4.99 Å². The summed E-state index contributed by atoms with van der Waals surface area (Å²) in [5.41, 5.74) is 0.679. The highest BCUT2D eigenvalue weighted by molar-refractivity contribution is 5.79. The summed E-state index contributed by atoms with van der Waals surface area (Å²) in [5, 5.41) is 6.05. The Labute approximate surface area is 144 Å². The first kappa shape index (κ1) is 18.6. The third-order valence-corrected chi connectivity index (χ3v) is 3.43. The minimum absolute atomic E-state index is 0.216. The lowest BCUT2D eigenvalue weighted by Gasteiger charge is -2.14. The number of hydrogen-bond acceptors (Lipinski definition) is 3. The van der Waals surface area contributed by atoms with Gasteiger partial charge in [0.25, 0.3) is 0 Å². The molecule has 0 atom stereocenters. The van der Waals surface area contributed by atoms with Gasteiger partial charge in [-0.15, -0.1) is 0 Å². The van der Waals surface area contributed by atoms with E-state index in [0.29, 0.717) is 23.9 Å². The zero-order valence-corrected chi connectivity index (χ0v) is 13.9. The molecule has 8 heteroatoms. The maximum absolute atomic E-state index is 12.7. The molecule has 1 aromatic carbocycles. The van der Waals surface area contributed by atoms with Gasteiger partial charge < -0.3 is 15.4 Å². The Hall–Kier alpha value is -2.77. The molecule has 25 heavy (non-hydrogen) atoms. The van der Waals surface area contributed by atoms with Gasteiger partial charge in [0.2, 0.25) is 5.88 Å². The highest BCUT2D eigenvalue weighted by Crippen LogP contribution is 2.29. The van der Waals surface area contributed by atoms with E-state index in [9.17, 15) is 13.2 Å². The van der Waals surface area contributed by atoms with Crippen LogP contribution in [-0.2, 0) is 19.3 Å². The second-order valence-electron chi connectivity index (χ2n) is 5.15. The van der Waals surface area contributed by atoms with Crippen molar-refractivity contribution in [2.24, 2.45) is 4.99 Å². The van der Waals surface area contributed by atoms with Crippen LogP contribution in [0.5, 0.6) is 5.88 Å². The maximum atomic E-state index is 12.7. The molecular weight excluding hydrogens is 333 g/mol. The molecule has 0 saturated carbocycles. The van der Waals surface area contributed by atoms with Gasteiger partial charge in [-0.2, -0.15) is 13.2 Å². The second kappa shape index (κ2) is 8.36. The fourth-order valence-electron chi connectivity index (χ4n) is 2.19. The van der Waals surface area contributed by atoms with Crippen LogP contribution in [-0.4, -0.2) is 25.1 Å². The first-order valence-electron chi connectivity index (χ1n) is 7.52. The van der Waals surface area contributed by atoms with E-state index in [4.69, 9.17) is 4.74 Å². The number of nitrogens with zero attached hydrogens (tertiary/aromatic N) is 2. The summed E-state index contributed by atoms with van der Waals surface area (Å²) < 4.78 is 43.4. The van der Waals surface area contributed by atoms with E-state index in [-0.39, 0.29) is 6.54 Å². The van der Waals surface area contributed by atoms with Crippen molar-refractivity contribution in [3.05, 3.63) is 59.3 Å². The quantitative estimate of drug-likeness (QED) is 0.642. The van der Waals surface area contributed by atoms with Gasteiger partial charge in [-0.1, -0.05) is 18.2 Å². The molecule has 134 valence electrons. The molecule has 0 aliphatic heterocycles. The van der Waals surface area contributed by atoms with Crippen molar-refractivity contribution >= 4 is 5.96 Å². The molecule has 2 N–H and O–H groups in total. The summed E-state index contributed by atoms with van der Waals surface area (Å²) in [6.45, 7) is 0.632. The highest BCUT2D eigenvalue weighted by atomic mass is 19.4. The third kappa shape index (κ3) is 5.37. The normalized spacial score (nSPS) is 12.0. The molecule has 5 nitrogen and oxygen atoms in total. The molecule has 0 fully saturated rings. The molecule has 0 spiro atoms. The van der Waals surface area contributed by atoms with Gasteiger partial charge >= 0.3 is 6.18 Å². The van der Waals surface area contributed by atoms with Crippen LogP contribution in [0.4, 0.5) is 13.2 Å². The number of hydrogen-bond donors (Lipinski definition) is 2. The van der Waals surface area contributed by atoms with Crippen LogP contribution in [0.3, 0.4) is 0 Å². The molecule has 2 aromatic rings. The highest BCUT2D eigenvalue weighted by Gasteiger charge is 2.30. The second-order valence-corrected chi connectivity index (χ2v) is 5.15. The van der Waals surface area contributed by atoms with Gasteiger partial charge in [-0.05, 0) is 23.8 Å². The Kier molecular flexibility index (Phi) is 6.21. The van der Waals surface area contributed by atoms with Crippen molar-refractivity contribution in [1.29, 1.82) is 0 Å². The number of pyridine rings is 1. The van der Waals surface area contributed by atoms with Gasteiger partial charge in [0, 0.05) is 31.9 Å². The van der Waals surface area contributed by atoms with Crippen LogP contribution in [0, 0.1) is 0 Å². The molecular formula is C17H19F3N4O. The summed E-state index contributed by atoms with van der Waals surface area (Å²) in [4.78, 5) is 8.15. The number of aromatic nitrogens is 1. The molecule has 1 heterocycles. The van der Waals surface area contributed by atoms with Gasteiger partial charge in [-0.25, -0.2) is 4.98 Å². The van der Waals surface area contributed by atoms with Crippen molar-refractivity contribution in [2.45, 2.75) is 19.3 Å². The van der Waals surface area contributed by atoms with E-state index < -0.39 is 11.7 Å². The molecule has 0 aliphatic carbocycles. The van der Waals surface area contributed by atoms with E-state index in [1.807, 2.05) is 6.07 Å². The van der Waals surface area contributed by atoms with Gasteiger partial charge in [0.15, 0.2) is 5.96 Å². The summed E-state index contributed by atoms with van der Waals surface area (Å²) in [7, 11) is 3.12. The largest absolute Gasteiger partial charge is 0.481 e. The Morgan fingerprint density at radius 1 is 1.16 bits per heavy atom. The maximum Gasteiger partial charge on any atom is 0.416 e. The number of benzene rings is 1. The summed E-state index contributed by atoms with van der Waals surface area (Å²) in [6, 6.07) is 8.82. The topological polar surface area (TPSA) is 58.5 Å². The van der Waals surface area contributed by atoms with Crippen molar-refractivity contribution in [3.8, 4) is 5.88 Å². The van der Waals surface area contributed by atoms with Crippen LogP contribution in [0.1, 0.15) is 16.7 Å². The van der Waals surface area contributed by atoms with Crippen LogP contribution >= 0.6 is 0 Å². The fourth-order valence-corrected chi connectivity index (χ4v) is 2.19. The molecule has 1 aromatic heterocycles. The SMILES string of the molecule is CN=C(NCc1cccc(C(F)(F)F)c1)NCc1cccnc1OC. The first-order valence-corrected chi connectivity index (χ1v) is 7.52. The Morgan fingerprint density at radius 2 is 1.92 bits per heavy atom. The zero-order valence-electron chi connectivity index (χ0n) is 13.9. The van der Waals surface area contributed by atoms with E-state index in [2.05, 4.69) is 20.6 Å². The van der Waals surface area contributed by atoms with E-state index >= 15 is 0 Å². The number of halogens is 3. The molecule has 2 rings (SSSR count). The van der Waals surface area contributed by atoms with Crippen molar-refractivity contribution in [3.63, 3.8) is 0 Å². The number of rotatable bonds is 5. The Balaban J connectivity index is 1.95. The first-order chi connectivity index (χ1) is 11.9. The lowest BCUT2D eigenvalue weighted by Crippen LogP contribution is -2.36. The number of aliphatic imine (C=N–C) groups is 1. The van der Waals surface area contributed by atoms with Crippen LogP contribution < -0.4 is 15.4 Å². The lowest BCUT2D eigenvalue weighted by atomic mass is 10.1. The number of ether oxygens (including phenoxy) is 1. The van der Waals surface area contributed by atoms with Gasteiger partial charge in [0.1, 0.15) is 0 Å². The van der Waals surface area contributed by atoms with Crippen molar-refractivity contribution in [2.75, 3.05) is 14.2 Å². The minimum atomic E-state index is -4.35. The fraction of sp³-hybridized carbons (Fsp3) is 0.294. The van der Waals surface area contributed by atoms with E-state index in [0.717, 1.165) is 17.7 Å². The summed E-state index contributed by atoms with van der Waals surface area (Å²) >= 11 is 0. The van der Waals surface area contributed by atoms with Crippen LogP contribution in [0.2, 0.25) is 0 Å². The monoisotopic (exact) mass is 352 g/mol. The predicted molar refractivity (Wildman–Crippen MR) is 89.3 cm³/mol. The smallest absolute Gasteiger partial charge is 0.416 e.